The monoisotopic (exact) mass is 367 g/mol. The van der Waals surface area contributed by atoms with Gasteiger partial charge in [-0.25, -0.2) is 9.97 Å². The van der Waals surface area contributed by atoms with E-state index in [1.807, 2.05) is 7.05 Å². The first-order valence-electron chi connectivity index (χ1n) is 6.42. The number of rotatable bonds is 4. The Morgan fingerprint density at radius 2 is 1.84 bits per heavy atom. The van der Waals surface area contributed by atoms with Gasteiger partial charge in [-0.1, -0.05) is 36.8 Å². The molecular formula is C15H18IN3. The van der Waals surface area contributed by atoms with Crippen molar-refractivity contribution in [3.8, 4) is 0 Å². The number of benzene rings is 1. The number of nitrogens with one attached hydrogen (secondary N) is 1. The van der Waals surface area contributed by atoms with Crippen LogP contribution in [0.2, 0.25) is 0 Å². The van der Waals surface area contributed by atoms with Crippen LogP contribution < -0.4 is 5.32 Å². The van der Waals surface area contributed by atoms with Crippen molar-refractivity contribution in [1.82, 2.24) is 9.97 Å². The second-order valence-electron chi connectivity index (χ2n) is 4.52. The van der Waals surface area contributed by atoms with Gasteiger partial charge in [0.1, 0.15) is 11.6 Å². The molecule has 1 N–H and O–H groups in total. The summed E-state index contributed by atoms with van der Waals surface area (Å²) in [6, 6.07) is 8.53. The third kappa shape index (κ3) is 3.43. The van der Waals surface area contributed by atoms with Gasteiger partial charge >= 0.3 is 0 Å². The Morgan fingerprint density at radius 1 is 1.16 bits per heavy atom. The fraction of sp³-hybridized carbons (Fsp3) is 0.333. The van der Waals surface area contributed by atoms with Gasteiger partial charge in [0, 0.05) is 13.5 Å². The van der Waals surface area contributed by atoms with Crippen LogP contribution in [-0.4, -0.2) is 17.0 Å². The molecule has 0 spiro atoms. The molecule has 2 aromatic rings. The van der Waals surface area contributed by atoms with E-state index in [1.54, 1.807) is 0 Å². The smallest absolute Gasteiger partial charge is 0.143 e. The number of halogens is 1. The second-order valence-corrected chi connectivity index (χ2v) is 5.59. The van der Waals surface area contributed by atoms with Crippen LogP contribution >= 0.6 is 22.6 Å². The zero-order chi connectivity index (χ0) is 13.8. The molecule has 19 heavy (non-hydrogen) atoms. The maximum absolute atomic E-state index is 4.66. The molecule has 0 aliphatic rings. The molecule has 100 valence electrons. The molecule has 0 unspecified atom stereocenters. The number of hydrogen-bond acceptors (Lipinski definition) is 3. The number of hydrogen-bond donors (Lipinski definition) is 1. The van der Waals surface area contributed by atoms with Crippen molar-refractivity contribution in [3.63, 3.8) is 0 Å². The first-order valence-corrected chi connectivity index (χ1v) is 7.50. The molecule has 0 saturated carbocycles. The zero-order valence-electron chi connectivity index (χ0n) is 11.5. The average Bonchev–Trinajstić information content (AvgIpc) is 2.43. The van der Waals surface area contributed by atoms with Crippen LogP contribution in [0.4, 0.5) is 5.82 Å². The van der Waals surface area contributed by atoms with E-state index in [4.69, 9.17) is 0 Å². The van der Waals surface area contributed by atoms with Crippen LogP contribution in [0.25, 0.3) is 0 Å². The Morgan fingerprint density at radius 3 is 2.42 bits per heavy atom. The van der Waals surface area contributed by atoms with Crippen LogP contribution in [0.5, 0.6) is 0 Å². The number of nitrogens with zero attached hydrogens (tertiary/aromatic N) is 2. The van der Waals surface area contributed by atoms with E-state index < -0.39 is 0 Å². The van der Waals surface area contributed by atoms with Crippen LogP contribution in [-0.2, 0) is 12.8 Å². The summed E-state index contributed by atoms with van der Waals surface area (Å²) in [5.41, 5.74) is 3.63. The van der Waals surface area contributed by atoms with Crippen LogP contribution in [0.1, 0.15) is 29.6 Å². The summed E-state index contributed by atoms with van der Waals surface area (Å²) >= 11 is 2.31. The van der Waals surface area contributed by atoms with E-state index in [1.165, 1.54) is 11.1 Å². The van der Waals surface area contributed by atoms with E-state index in [-0.39, 0.29) is 0 Å². The van der Waals surface area contributed by atoms with Gasteiger partial charge in [-0.2, -0.15) is 0 Å². The molecule has 0 fully saturated rings. The molecule has 0 aliphatic carbocycles. The SMILES string of the molecule is CCc1nc(Cc2ccc(C)cc2)nc(NC)c1I. The van der Waals surface area contributed by atoms with Crippen molar-refractivity contribution >= 4 is 28.4 Å². The maximum atomic E-state index is 4.66. The molecule has 2 rings (SSSR count). The number of aromatic nitrogens is 2. The fourth-order valence-electron chi connectivity index (χ4n) is 1.91. The lowest BCUT2D eigenvalue weighted by atomic mass is 10.1. The molecule has 4 heteroatoms. The second kappa shape index (κ2) is 6.32. The van der Waals surface area contributed by atoms with Crippen LogP contribution in [0.3, 0.4) is 0 Å². The minimum atomic E-state index is 0.777. The highest BCUT2D eigenvalue weighted by molar-refractivity contribution is 14.1. The molecule has 0 bridgehead atoms. The van der Waals surface area contributed by atoms with E-state index >= 15 is 0 Å². The molecule has 0 amide bonds. The number of anilines is 1. The predicted octanol–water partition coefficient (Wildman–Crippen LogP) is 3.58. The average molecular weight is 367 g/mol. The molecular weight excluding hydrogens is 349 g/mol. The predicted molar refractivity (Wildman–Crippen MR) is 87.7 cm³/mol. The fourth-order valence-corrected chi connectivity index (χ4v) is 2.80. The van der Waals surface area contributed by atoms with Crippen molar-refractivity contribution in [3.05, 3.63) is 50.5 Å². The van der Waals surface area contributed by atoms with Gasteiger partial charge in [0.15, 0.2) is 0 Å². The van der Waals surface area contributed by atoms with Gasteiger partial charge < -0.3 is 5.32 Å². The van der Waals surface area contributed by atoms with Crippen LogP contribution in [0.15, 0.2) is 24.3 Å². The summed E-state index contributed by atoms with van der Waals surface area (Å²) in [7, 11) is 1.90. The van der Waals surface area contributed by atoms with Crippen molar-refractivity contribution < 1.29 is 0 Å². The Kier molecular flexibility index (Phi) is 4.74. The van der Waals surface area contributed by atoms with Crippen molar-refractivity contribution in [2.24, 2.45) is 0 Å². The molecule has 0 atom stereocenters. The highest BCUT2D eigenvalue weighted by Gasteiger charge is 2.10. The molecule has 1 aromatic carbocycles. The molecule has 0 radical (unpaired) electrons. The Labute approximate surface area is 128 Å². The van der Waals surface area contributed by atoms with E-state index in [9.17, 15) is 0 Å². The van der Waals surface area contributed by atoms with Gasteiger partial charge in [-0.05, 0) is 41.5 Å². The number of aryl methyl sites for hydroxylation is 2. The summed E-state index contributed by atoms with van der Waals surface area (Å²) in [6.07, 6.45) is 1.70. The maximum Gasteiger partial charge on any atom is 0.143 e. The first-order chi connectivity index (χ1) is 9.13. The largest absolute Gasteiger partial charge is 0.372 e. The molecule has 0 saturated heterocycles. The first kappa shape index (κ1) is 14.2. The van der Waals surface area contributed by atoms with E-state index in [2.05, 4.69) is 76.0 Å². The van der Waals surface area contributed by atoms with E-state index in [0.29, 0.717) is 0 Å². The highest BCUT2D eigenvalue weighted by atomic mass is 127. The topological polar surface area (TPSA) is 37.8 Å². The van der Waals surface area contributed by atoms with Crippen molar-refractivity contribution in [2.45, 2.75) is 26.7 Å². The minimum Gasteiger partial charge on any atom is -0.372 e. The molecule has 1 aromatic heterocycles. The third-order valence-corrected chi connectivity index (χ3v) is 4.15. The van der Waals surface area contributed by atoms with Gasteiger partial charge in [-0.15, -0.1) is 0 Å². The minimum absolute atomic E-state index is 0.777. The van der Waals surface area contributed by atoms with Gasteiger partial charge in [-0.3, -0.25) is 0 Å². The molecule has 1 heterocycles. The summed E-state index contributed by atoms with van der Waals surface area (Å²) in [5.74, 6) is 1.81. The van der Waals surface area contributed by atoms with Crippen LogP contribution in [0, 0.1) is 10.5 Å². The zero-order valence-corrected chi connectivity index (χ0v) is 13.7. The van der Waals surface area contributed by atoms with Gasteiger partial charge in [0.2, 0.25) is 0 Å². The summed E-state index contributed by atoms with van der Waals surface area (Å²) in [6.45, 7) is 4.22. The Balaban J connectivity index is 2.32. The standard InChI is InChI=1S/C15H18IN3/c1-4-12-14(16)15(17-3)19-13(18-12)9-11-7-5-10(2)6-8-11/h5-8H,4,9H2,1-3H3,(H,17,18,19). The lowest BCUT2D eigenvalue weighted by Gasteiger charge is -2.10. The Bertz CT molecular complexity index is 539. The summed E-state index contributed by atoms with van der Waals surface area (Å²) in [5, 5.41) is 3.15. The highest BCUT2D eigenvalue weighted by Crippen LogP contribution is 2.20. The quantitative estimate of drug-likeness (QED) is 0.840. The van der Waals surface area contributed by atoms with Crippen molar-refractivity contribution in [1.29, 1.82) is 0 Å². The molecule has 0 aliphatic heterocycles. The lowest BCUT2D eigenvalue weighted by Crippen LogP contribution is -2.07. The summed E-state index contributed by atoms with van der Waals surface area (Å²) in [4.78, 5) is 9.25. The van der Waals surface area contributed by atoms with Crippen molar-refractivity contribution in [2.75, 3.05) is 12.4 Å². The Hall–Kier alpha value is -1.17. The normalized spacial score (nSPS) is 10.5. The van der Waals surface area contributed by atoms with E-state index in [0.717, 1.165) is 33.7 Å². The molecule has 3 nitrogen and oxygen atoms in total. The third-order valence-electron chi connectivity index (χ3n) is 3.02. The summed E-state index contributed by atoms with van der Waals surface area (Å²) < 4.78 is 1.12. The lowest BCUT2D eigenvalue weighted by molar-refractivity contribution is 0.897. The van der Waals surface area contributed by atoms with Gasteiger partial charge in [0.05, 0.1) is 9.26 Å². The van der Waals surface area contributed by atoms with Gasteiger partial charge in [0.25, 0.3) is 0 Å².